The molecule has 1 saturated heterocycles. The Morgan fingerprint density at radius 2 is 1.95 bits per heavy atom. The third-order valence-electron chi connectivity index (χ3n) is 4.27. The topological polar surface area (TPSA) is 88.2 Å². The van der Waals surface area contributed by atoms with Gasteiger partial charge in [-0.3, -0.25) is 4.79 Å². The van der Waals surface area contributed by atoms with Gasteiger partial charge in [0, 0.05) is 26.3 Å². The van der Waals surface area contributed by atoms with Gasteiger partial charge in [0.1, 0.15) is 5.41 Å². The predicted molar refractivity (Wildman–Crippen MR) is 73.0 cm³/mol. The van der Waals surface area contributed by atoms with Gasteiger partial charge in [0.25, 0.3) is 0 Å². The normalized spacial score (nSPS) is 18.4. The summed E-state index contributed by atoms with van der Waals surface area (Å²) in [6.07, 6.45) is 2.71. The minimum absolute atomic E-state index is 0.00131. The number of amidine groups is 1. The summed E-state index contributed by atoms with van der Waals surface area (Å²) in [7, 11) is 1.79. The minimum Gasteiger partial charge on any atom is -0.409 e. The average Bonchev–Trinajstić information content (AvgIpc) is 2.48. The van der Waals surface area contributed by atoms with Crippen LogP contribution < -0.4 is 5.73 Å². The SMILES string of the molecule is CCC(CC)(C(=O)N(C)C1CCOCC1)C(N)=NO. The fourth-order valence-electron chi connectivity index (χ4n) is 2.70. The molecule has 1 heterocycles. The van der Waals surface area contributed by atoms with E-state index in [1.54, 1.807) is 11.9 Å². The lowest BCUT2D eigenvalue weighted by Crippen LogP contribution is -2.53. The molecule has 0 aliphatic carbocycles. The fourth-order valence-corrected chi connectivity index (χ4v) is 2.70. The third kappa shape index (κ3) is 3.00. The van der Waals surface area contributed by atoms with Gasteiger partial charge >= 0.3 is 0 Å². The highest BCUT2D eigenvalue weighted by atomic mass is 16.5. The molecule has 1 fully saturated rings. The first-order chi connectivity index (χ1) is 9.03. The number of hydrogen-bond donors (Lipinski definition) is 2. The molecule has 0 radical (unpaired) electrons. The van der Waals surface area contributed by atoms with E-state index in [9.17, 15) is 4.79 Å². The molecule has 1 aliphatic rings. The van der Waals surface area contributed by atoms with E-state index in [0.29, 0.717) is 26.1 Å². The monoisotopic (exact) mass is 271 g/mol. The first kappa shape index (κ1) is 15.8. The number of hydrogen-bond acceptors (Lipinski definition) is 4. The summed E-state index contributed by atoms with van der Waals surface area (Å²) in [5.41, 5.74) is 4.87. The molecule has 1 amide bonds. The molecule has 0 spiro atoms. The quantitative estimate of drug-likeness (QED) is 0.340. The van der Waals surface area contributed by atoms with Crippen molar-refractivity contribution in [1.82, 2.24) is 4.90 Å². The fraction of sp³-hybridized carbons (Fsp3) is 0.846. The van der Waals surface area contributed by atoms with Gasteiger partial charge in [0.15, 0.2) is 5.84 Å². The van der Waals surface area contributed by atoms with Crippen LogP contribution in [0.15, 0.2) is 5.16 Å². The van der Waals surface area contributed by atoms with Crippen molar-refractivity contribution in [3.8, 4) is 0 Å². The van der Waals surface area contributed by atoms with E-state index in [1.807, 2.05) is 13.8 Å². The highest BCUT2D eigenvalue weighted by Gasteiger charge is 2.43. The number of carbonyl (C=O) groups excluding carboxylic acids is 1. The third-order valence-corrected chi connectivity index (χ3v) is 4.27. The molecule has 0 aromatic heterocycles. The van der Waals surface area contributed by atoms with Crippen molar-refractivity contribution in [3.63, 3.8) is 0 Å². The van der Waals surface area contributed by atoms with Crippen LogP contribution >= 0.6 is 0 Å². The zero-order valence-electron chi connectivity index (χ0n) is 12.1. The summed E-state index contributed by atoms with van der Waals surface area (Å²) in [5, 5.41) is 12.0. The molecule has 19 heavy (non-hydrogen) atoms. The van der Waals surface area contributed by atoms with E-state index >= 15 is 0 Å². The number of nitrogens with two attached hydrogens (primary N) is 1. The smallest absolute Gasteiger partial charge is 0.236 e. The Morgan fingerprint density at radius 3 is 2.37 bits per heavy atom. The van der Waals surface area contributed by atoms with E-state index < -0.39 is 5.41 Å². The highest BCUT2D eigenvalue weighted by Crippen LogP contribution is 2.31. The van der Waals surface area contributed by atoms with Gasteiger partial charge in [-0.2, -0.15) is 0 Å². The Bertz CT molecular complexity index is 334. The van der Waals surface area contributed by atoms with Gasteiger partial charge in [0.05, 0.1) is 0 Å². The molecule has 6 nitrogen and oxygen atoms in total. The van der Waals surface area contributed by atoms with Crippen LogP contribution in [-0.2, 0) is 9.53 Å². The van der Waals surface area contributed by atoms with E-state index in [2.05, 4.69) is 5.16 Å². The van der Waals surface area contributed by atoms with Crippen LogP contribution in [0.3, 0.4) is 0 Å². The molecular formula is C13H25N3O3. The molecule has 110 valence electrons. The zero-order valence-corrected chi connectivity index (χ0v) is 12.1. The summed E-state index contributed by atoms with van der Waals surface area (Å²) in [4.78, 5) is 14.5. The number of rotatable bonds is 5. The van der Waals surface area contributed by atoms with Crippen LogP contribution in [-0.4, -0.2) is 48.2 Å². The molecule has 0 unspecified atom stereocenters. The number of nitrogens with zero attached hydrogens (tertiary/aromatic N) is 2. The second kappa shape index (κ2) is 6.75. The number of ether oxygens (including phenoxy) is 1. The molecule has 0 bridgehead atoms. The van der Waals surface area contributed by atoms with E-state index in [1.165, 1.54) is 0 Å². The highest BCUT2D eigenvalue weighted by molar-refractivity contribution is 6.06. The lowest BCUT2D eigenvalue weighted by atomic mass is 9.79. The summed E-state index contributed by atoms with van der Waals surface area (Å²) in [6, 6.07) is 0.171. The van der Waals surface area contributed by atoms with Gasteiger partial charge in [0.2, 0.25) is 5.91 Å². The molecule has 0 atom stereocenters. The van der Waals surface area contributed by atoms with Crippen molar-refractivity contribution in [2.75, 3.05) is 20.3 Å². The van der Waals surface area contributed by atoms with Crippen molar-refractivity contribution in [2.24, 2.45) is 16.3 Å². The Kier molecular flexibility index (Phi) is 5.60. The maximum absolute atomic E-state index is 12.7. The Hall–Kier alpha value is -1.30. The van der Waals surface area contributed by atoms with Gasteiger partial charge in [-0.25, -0.2) is 0 Å². The summed E-state index contributed by atoms with van der Waals surface area (Å²) >= 11 is 0. The van der Waals surface area contributed by atoms with Crippen molar-refractivity contribution in [3.05, 3.63) is 0 Å². The Labute approximate surface area is 114 Å². The number of carbonyl (C=O) groups is 1. The van der Waals surface area contributed by atoms with Gasteiger partial charge in [-0.05, 0) is 25.7 Å². The Balaban J connectivity index is 2.92. The average molecular weight is 271 g/mol. The summed E-state index contributed by atoms with van der Waals surface area (Å²) in [5.74, 6) is -0.0684. The second-order valence-electron chi connectivity index (χ2n) is 5.03. The standard InChI is InChI=1S/C13H25N3O3/c1-4-13(5-2,11(14)15-18)12(17)16(3)10-6-8-19-9-7-10/h10,18H,4-9H2,1-3H3,(H2,14,15). The first-order valence-electron chi connectivity index (χ1n) is 6.86. The summed E-state index contributed by atoms with van der Waals surface area (Å²) in [6.45, 7) is 5.13. The van der Waals surface area contributed by atoms with Crippen LogP contribution in [0.1, 0.15) is 39.5 Å². The van der Waals surface area contributed by atoms with Crippen molar-refractivity contribution >= 4 is 11.7 Å². The minimum atomic E-state index is -0.901. The van der Waals surface area contributed by atoms with E-state index in [0.717, 1.165) is 12.8 Å². The Morgan fingerprint density at radius 1 is 1.42 bits per heavy atom. The predicted octanol–water partition coefficient (Wildman–Crippen LogP) is 1.18. The van der Waals surface area contributed by atoms with Gasteiger partial charge in [-0.1, -0.05) is 19.0 Å². The largest absolute Gasteiger partial charge is 0.409 e. The molecule has 6 heteroatoms. The summed E-state index contributed by atoms with van der Waals surface area (Å²) < 4.78 is 5.31. The maximum atomic E-state index is 12.7. The van der Waals surface area contributed by atoms with E-state index in [-0.39, 0.29) is 17.8 Å². The van der Waals surface area contributed by atoms with Gasteiger partial charge < -0.3 is 20.6 Å². The maximum Gasteiger partial charge on any atom is 0.236 e. The van der Waals surface area contributed by atoms with Crippen LogP contribution in [0.25, 0.3) is 0 Å². The van der Waals surface area contributed by atoms with Crippen LogP contribution in [0.2, 0.25) is 0 Å². The molecule has 0 saturated carbocycles. The van der Waals surface area contributed by atoms with Crippen molar-refractivity contribution in [1.29, 1.82) is 0 Å². The van der Waals surface area contributed by atoms with Crippen LogP contribution in [0, 0.1) is 5.41 Å². The van der Waals surface area contributed by atoms with Gasteiger partial charge in [-0.15, -0.1) is 0 Å². The molecule has 1 aliphatic heterocycles. The molecule has 1 rings (SSSR count). The molecule has 3 N–H and O–H groups in total. The second-order valence-corrected chi connectivity index (χ2v) is 5.03. The van der Waals surface area contributed by atoms with E-state index in [4.69, 9.17) is 15.7 Å². The van der Waals surface area contributed by atoms with Crippen molar-refractivity contribution < 1.29 is 14.7 Å². The van der Waals surface area contributed by atoms with Crippen LogP contribution in [0.5, 0.6) is 0 Å². The molecular weight excluding hydrogens is 246 g/mol. The molecule has 0 aromatic carbocycles. The zero-order chi connectivity index (χ0) is 14.5. The molecule has 0 aromatic rings. The lowest BCUT2D eigenvalue weighted by molar-refractivity contribution is -0.141. The lowest BCUT2D eigenvalue weighted by Gasteiger charge is -2.38. The first-order valence-corrected chi connectivity index (χ1v) is 6.86. The number of amides is 1. The van der Waals surface area contributed by atoms with Crippen LogP contribution in [0.4, 0.5) is 0 Å². The van der Waals surface area contributed by atoms with Crippen molar-refractivity contribution in [2.45, 2.75) is 45.6 Å². The number of oxime groups is 1.